The van der Waals surface area contributed by atoms with Gasteiger partial charge in [-0.3, -0.25) is 9.78 Å². The van der Waals surface area contributed by atoms with Crippen LogP contribution in [0.25, 0.3) is 10.9 Å². The molecule has 3 aromatic carbocycles. The van der Waals surface area contributed by atoms with E-state index in [-0.39, 0.29) is 18.6 Å². The topological polar surface area (TPSA) is 104 Å². The fourth-order valence-corrected chi connectivity index (χ4v) is 4.31. The van der Waals surface area contributed by atoms with Crippen molar-refractivity contribution >= 4 is 28.4 Å². The third-order valence-corrected chi connectivity index (χ3v) is 6.42. The molecule has 198 valence electrons. The summed E-state index contributed by atoms with van der Waals surface area (Å²) in [4.78, 5) is 16.7. The molecule has 8 heteroatoms. The number of carbonyl (C=O) groups is 1. The van der Waals surface area contributed by atoms with Gasteiger partial charge in [-0.1, -0.05) is 42.8 Å². The Hall–Kier alpha value is -3.49. The molecule has 1 heterocycles. The predicted molar refractivity (Wildman–Crippen MR) is 150 cm³/mol. The Kier molecular flexibility index (Phi) is 9.67. The molecule has 1 aromatic heterocycles. The fraction of sp³-hybridized carbons (Fsp3) is 0.267. The highest BCUT2D eigenvalue weighted by Crippen LogP contribution is 2.29. The monoisotopic (exact) mass is 533 g/mol. The Morgan fingerprint density at radius 1 is 1.08 bits per heavy atom. The summed E-state index contributed by atoms with van der Waals surface area (Å²) in [6.45, 7) is 2.87. The Balaban J connectivity index is 1.37. The van der Waals surface area contributed by atoms with Gasteiger partial charge >= 0.3 is 0 Å². The number of carbonyl (C=O) groups excluding carboxylic acids is 1. The van der Waals surface area contributed by atoms with E-state index < -0.39 is 6.10 Å². The molecule has 0 unspecified atom stereocenters. The quantitative estimate of drug-likeness (QED) is 0.203. The summed E-state index contributed by atoms with van der Waals surface area (Å²) in [7, 11) is 0. The van der Waals surface area contributed by atoms with Gasteiger partial charge in [-0.2, -0.15) is 0 Å². The van der Waals surface area contributed by atoms with Crippen LogP contribution in [-0.4, -0.2) is 46.8 Å². The van der Waals surface area contributed by atoms with Crippen LogP contribution in [0.5, 0.6) is 11.5 Å². The molecule has 0 fully saturated rings. The first kappa shape index (κ1) is 27.5. The van der Waals surface area contributed by atoms with Gasteiger partial charge in [0.25, 0.3) is 5.91 Å². The third-order valence-electron chi connectivity index (χ3n) is 6.19. The van der Waals surface area contributed by atoms with E-state index in [2.05, 4.69) is 15.6 Å². The minimum absolute atomic E-state index is 0.0675. The number of nitrogens with one attached hydrogen (secondary N) is 2. The predicted octanol–water partition coefficient (Wildman–Crippen LogP) is 5.05. The van der Waals surface area contributed by atoms with Gasteiger partial charge in [0.1, 0.15) is 11.5 Å². The lowest BCUT2D eigenvalue weighted by Crippen LogP contribution is -2.37. The summed E-state index contributed by atoms with van der Waals surface area (Å²) < 4.78 is 6.13. The van der Waals surface area contributed by atoms with E-state index in [0.717, 1.165) is 22.9 Å². The summed E-state index contributed by atoms with van der Waals surface area (Å²) >= 11 is 6.01. The van der Waals surface area contributed by atoms with Gasteiger partial charge in [0.2, 0.25) is 0 Å². The van der Waals surface area contributed by atoms with Crippen molar-refractivity contribution in [2.75, 3.05) is 19.7 Å². The number of benzene rings is 3. The van der Waals surface area contributed by atoms with E-state index in [9.17, 15) is 15.0 Å². The number of rotatable bonds is 12. The van der Waals surface area contributed by atoms with Gasteiger partial charge in [-0.05, 0) is 72.5 Å². The van der Waals surface area contributed by atoms with Crippen LogP contribution >= 0.6 is 11.6 Å². The normalized spacial score (nSPS) is 12.7. The number of aliphatic hydroxyl groups is 2. The molecule has 7 nitrogen and oxygen atoms in total. The average molecular weight is 534 g/mol. The number of pyridine rings is 1. The summed E-state index contributed by atoms with van der Waals surface area (Å²) in [6, 6.07) is 21.7. The second-order valence-electron chi connectivity index (χ2n) is 9.11. The Labute approximate surface area is 227 Å². The number of hydrogen-bond donors (Lipinski definition) is 4. The molecule has 0 aliphatic heterocycles. The van der Waals surface area contributed by atoms with E-state index in [1.165, 1.54) is 0 Å². The first-order valence-electron chi connectivity index (χ1n) is 12.7. The summed E-state index contributed by atoms with van der Waals surface area (Å²) in [5, 5.41) is 27.8. The highest BCUT2D eigenvalue weighted by Gasteiger charge is 2.14. The number of aromatic nitrogens is 1. The molecule has 0 saturated heterocycles. The SMILES string of the molecule is CCCNC(=O)c1ccc2c(Oc3ccc(C[C@@H](CO)NC[C@H](O)c4cccc(Cl)c4)cc3)ccnc2c1. The van der Waals surface area contributed by atoms with Crippen LogP contribution in [0.3, 0.4) is 0 Å². The van der Waals surface area contributed by atoms with E-state index in [1.807, 2.05) is 43.3 Å². The van der Waals surface area contributed by atoms with Crippen LogP contribution in [0, 0.1) is 0 Å². The number of halogens is 1. The van der Waals surface area contributed by atoms with Crippen molar-refractivity contribution in [1.29, 1.82) is 0 Å². The summed E-state index contributed by atoms with van der Waals surface area (Å²) in [5.74, 6) is 1.19. The lowest BCUT2D eigenvalue weighted by molar-refractivity contribution is 0.0953. The average Bonchev–Trinajstić information content (AvgIpc) is 2.94. The molecule has 0 radical (unpaired) electrons. The molecule has 1 amide bonds. The van der Waals surface area contributed by atoms with Crippen LogP contribution < -0.4 is 15.4 Å². The smallest absolute Gasteiger partial charge is 0.251 e. The lowest BCUT2D eigenvalue weighted by atomic mass is 10.0. The molecule has 4 N–H and O–H groups in total. The fourth-order valence-electron chi connectivity index (χ4n) is 4.11. The highest BCUT2D eigenvalue weighted by atomic mass is 35.5. The molecule has 0 spiro atoms. The Morgan fingerprint density at radius 3 is 2.63 bits per heavy atom. The van der Waals surface area contributed by atoms with Crippen LogP contribution in [0.2, 0.25) is 5.02 Å². The van der Waals surface area contributed by atoms with Gasteiger partial charge in [-0.15, -0.1) is 0 Å². The van der Waals surface area contributed by atoms with Crippen LogP contribution in [-0.2, 0) is 6.42 Å². The van der Waals surface area contributed by atoms with Crippen molar-refractivity contribution in [2.45, 2.75) is 31.9 Å². The maximum atomic E-state index is 12.3. The van der Waals surface area contributed by atoms with E-state index >= 15 is 0 Å². The first-order valence-corrected chi connectivity index (χ1v) is 13.1. The van der Waals surface area contributed by atoms with Crippen LogP contribution in [0.15, 0.2) is 79.0 Å². The first-order chi connectivity index (χ1) is 18.5. The molecule has 4 rings (SSSR count). The second kappa shape index (κ2) is 13.3. The van der Waals surface area contributed by atoms with Crippen LogP contribution in [0.1, 0.15) is 40.9 Å². The van der Waals surface area contributed by atoms with Crippen molar-refractivity contribution in [1.82, 2.24) is 15.6 Å². The number of amides is 1. The lowest BCUT2D eigenvalue weighted by Gasteiger charge is -2.19. The second-order valence-corrected chi connectivity index (χ2v) is 9.54. The van der Waals surface area contributed by atoms with Gasteiger partial charge in [0.15, 0.2) is 0 Å². The van der Waals surface area contributed by atoms with Gasteiger partial charge < -0.3 is 25.6 Å². The number of nitrogens with zero attached hydrogens (tertiary/aromatic N) is 1. The van der Waals surface area contributed by atoms with E-state index in [4.69, 9.17) is 16.3 Å². The van der Waals surface area contributed by atoms with E-state index in [0.29, 0.717) is 47.1 Å². The minimum Gasteiger partial charge on any atom is -0.457 e. The standard InChI is InChI=1S/C30H32ClN3O4/c1-2-13-33-30(37)22-8-11-26-27(17-22)32-14-12-29(26)38-25-9-6-20(7-10-25)15-24(19-35)34-18-28(36)21-4-3-5-23(31)16-21/h3-12,14,16-17,24,28,34-36H,2,13,15,18-19H2,1H3,(H,33,37)/t24-,28-/m0/s1. The maximum absolute atomic E-state index is 12.3. The highest BCUT2D eigenvalue weighted by molar-refractivity contribution is 6.30. The number of ether oxygens (including phenoxy) is 1. The molecule has 2 atom stereocenters. The van der Waals surface area contributed by atoms with Gasteiger partial charge in [0, 0.05) is 41.3 Å². The third kappa shape index (κ3) is 7.30. The van der Waals surface area contributed by atoms with Gasteiger partial charge in [0.05, 0.1) is 18.2 Å². The van der Waals surface area contributed by atoms with E-state index in [1.54, 1.807) is 42.6 Å². The Morgan fingerprint density at radius 2 is 1.89 bits per heavy atom. The van der Waals surface area contributed by atoms with Crippen molar-refractivity contribution in [2.24, 2.45) is 0 Å². The molecule has 0 bridgehead atoms. The zero-order chi connectivity index (χ0) is 26.9. The molecule has 4 aromatic rings. The van der Waals surface area contributed by atoms with Gasteiger partial charge in [-0.25, -0.2) is 0 Å². The minimum atomic E-state index is -0.726. The van der Waals surface area contributed by atoms with Crippen molar-refractivity contribution < 1.29 is 19.7 Å². The molecule has 0 saturated carbocycles. The van der Waals surface area contributed by atoms with Crippen molar-refractivity contribution in [3.05, 3.63) is 101 Å². The molecule has 38 heavy (non-hydrogen) atoms. The number of fused-ring (bicyclic) bond motifs is 1. The molecule has 0 aliphatic rings. The Bertz CT molecular complexity index is 1360. The van der Waals surface area contributed by atoms with Crippen molar-refractivity contribution in [3.8, 4) is 11.5 Å². The zero-order valence-electron chi connectivity index (χ0n) is 21.2. The summed E-state index contributed by atoms with van der Waals surface area (Å²) in [5.41, 5.74) is 2.98. The largest absolute Gasteiger partial charge is 0.457 e. The molecular formula is C30H32ClN3O4. The maximum Gasteiger partial charge on any atom is 0.251 e. The van der Waals surface area contributed by atoms with Crippen molar-refractivity contribution in [3.63, 3.8) is 0 Å². The zero-order valence-corrected chi connectivity index (χ0v) is 22.0. The molecular weight excluding hydrogens is 502 g/mol. The number of aliphatic hydroxyl groups excluding tert-OH is 2. The molecule has 0 aliphatic carbocycles. The number of hydrogen-bond acceptors (Lipinski definition) is 6. The van der Waals surface area contributed by atoms with Crippen LogP contribution in [0.4, 0.5) is 0 Å². The summed E-state index contributed by atoms with van der Waals surface area (Å²) in [6.07, 6.45) is 2.39.